The van der Waals surface area contributed by atoms with Crippen LogP contribution in [0.2, 0.25) is 0 Å². The van der Waals surface area contributed by atoms with E-state index in [0.29, 0.717) is 5.92 Å². The van der Waals surface area contributed by atoms with Crippen LogP contribution < -0.4 is 0 Å². The largest absolute Gasteiger partial charge is 0.367 e. The molecule has 1 aliphatic rings. The first-order valence-electron chi connectivity index (χ1n) is 6.10. The van der Waals surface area contributed by atoms with Crippen molar-refractivity contribution in [3.05, 3.63) is 35.8 Å². The molecule has 1 aliphatic heterocycles. The fourth-order valence-electron chi connectivity index (χ4n) is 2.16. The van der Waals surface area contributed by atoms with E-state index in [1.165, 1.54) is 16.7 Å². The molecular formula is C14H19FN2. The fourth-order valence-corrected chi connectivity index (χ4v) is 2.16. The van der Waals surface area contributed by atoms with E-state index in [0.717, 1.165) is 6.54 Å². The Labute approximate surface area is 102 Å². The van der Waals surface area contributed by atoms with Crippen LogP contribution in [-0.4, -0.2) is 22.6 Å². The Morgan fingerprint density at radius 2 is 2.18 bits per heavy atom. The molecule has 0 aliphatic carbocycles. The van der Waals surface area contributed by atoms with Crippen molar-refractivity contribution in [1.82, 2.24) is 9.88 Å². The smallest absolute Gasteiger partial charge is 0.109 e. The van der Waals surface area contributed by atoms with Crippen LogP contribution >= 0.6 is 0 Å². The summed E-state index contributed by atoms with van der Waals surface area (Å²) in [4.78, 5) is 6.23. The molecule has 1 aromatic heterocycles. The zero-order chi connectivity index (χ0) is 12.4. The molecule has 2 rings (SSSR count). The van der Waals surface area contributed by atoms with Crippen LogP contribution in [0.15, 0.2) is 24.7 Å². The van der Waals surface area contributed by atoms with Crippen molar-refractivity contribution in [3.8, 4) is 0 Å². The summed E-state index contributed by atoms with van der Waals surface area (Å²) < 4.78 is 12.8. The lowest BCUT2D eigenvalue weighted by atomic mass is 9.90. The number of hydrogen-bond donors (Lipinski definition) is 0. The minimum absolute atomic E-state index is 0.0721. The van der Waals surface area contributed by atoms with Gasteiger partial charge in [0.05, 0.1) is 6.04 Å². The number of halogens is 1. The summed E-state index contributed by atoms with van der Waals surface area (Å²) in [6.45, 7) is 6.68. The van der Waals surface area contributed by atoms with E-state index in [9.17, 15) is 4.39 Å². The Morgan fingerprint density at radius 3 is 2.82 bits per heavy atom. The fraction of sp³-hybridized carbons (Fsp3) is 0.500. The third-order valence-corrected chi connectivity index (χ3v) is 3.28. The average molecular weight is 234 g/mol. The number of alkyl halides is 1. The molecule has 2 heterocycles. The second-order valence-electron chi connectivity index (χ2n) is 4.95. The third kappa shape index (κ3) is 2.33. The third-order valence-electron chi connectivity index (χ3n) is 3.28. The van der Waals surface area contributed by atoms with Gasteiger partial charge in [-0.3, -0.25) is 4.98 Å². The molecule has 0 N–H and O–H groups in total. The molecule has 3 heteroatoms. The van der Waals surface area contributed by atoms with Crippen LogP contribution in [0, 0.1) is 5.92 Å². The maximum Gasteiger partial charge on any atom is 0.109 e. The van der Waals surface area contributed by atoms with Crippen molar-refractivity contribution < 1.29 is 4.39 Å². The first kappa shape index (κ1) is 12.1. The van der Waals surface area contributed by atoms with Crippen LogP contribution in [-0.2, 0) is 6.54 Å². The second kappa shape index (κ2) is 4.86. The van der Waals surface area contributed by atoms with Crippen LogP contribution in [0.25, 0.3) is 5.57 Å². The van der Waals surface area contributed by atoms with E-state index in [1.807, 2.05) is 19.3 Å². The highest BCUT2D eigenvalue weighted by Crippen LogP contribution is 2.31. The van der Waals surface area contributed by atoms with Crippen LogP contribution in [0.3, 0.4) is 0 Å². The Hall–Kier alpha value is -1.38. The molecule has 0 saturated carbocycles. The van der Waals surface area contributed by atoms with Crippen molar-refractivity contribution in [3.63, 3.8) is 0 Å². The van der Waals surface area contributed by atoms with Gasteiger partial charge < -0.3 is 4.90 Å². The molecule has 17 heavy (non-hydrogen) atoms. The van der Waals surface area contributed by atoms with Crippen molar-refractivity contribution in [2.75, 3.05) is 6.67 Å². The van der Waals surface area contributed by atoms with Gasteiger partial charge in [-0.25, -0.2) is 4.39 Å². The summed E-state index contributed by atoms with van der Waals surface area (Å²) in [7, 11) is 0. The lowest BCUT2D eigenvalue weighted by molar-refractivity contribution is 0.233. The number of fused-ring (bicyclic) bond motifs is 1. The number of allylic oxidation sites excluding steroid dienone is 1. The number of pyridine rings is 1. The molecule has 2 nitrogen and oxygen atoms in total. The van der Waals surface area contributed by atoms with Crippen molar-refractivity contribution in [2.45, 2.75) is 33.4 Å². The zero-order valence-corrected chi connectivity index (χ0v) is 10.7. The standard InChI is InChI=1S/C14H19FN2/c1-10(2)14-9-17(11(3)6-15)8-12-7-16-5-4-13(12)14/h4-5,7,9-11H,6,8H2,1-3H3/t11-/m0/s1. The Morgan fingerprint density at radius 1 is 1.41 bits per heavy atom. The van der Waals surface area contributed by atoms with Crippen LogP contribution in [0.5, 0.6) is 0 Å². The Kier molecular flexibility index (Phi) is 3.46. The molecule has 0 spiro atoms. The maximum absolute atomic E-state index is 12.8. The Balaban J connectivity index is 2.40. The Bertz CT molecular complexity index is 426. The molecule has 1 aromatic rings. The number of rotatable bonds is 3. The normalized spacial score (nSPS) is 16.8. The molecule has 0 unspecified atom stereocenters. The topological polar surface area (TPSA) is 16.1 Å². The van der Waals surface area contributed by atoms with Gasteiger partial charge in [0, 0.05) is 25.1 Å². The monoisotopic (exact) mass is 234 g/mol. The summed E-state index contributed by atoms with van der Waals surface area (Å²) in [6.07, 6.45) is 5.82. The summed E-state index contributed by atoms with van der Waals surface area (Å²) >= 11 is 0. The number of hydrogen-bond acceptors (Lipinski definition) is 2. The molecule has 0 aromatic carbocycles. The lowest BCUT2D eigenvalue weighted by Gasteiger charge is -2.33. The first-order valence-corrected chi connectivity index (χ1v) is 6.10. The highest BCUT2D eigenvalue weighted by molar-refractivity contribution is 5.70. The predicted molar refractivity (Wildman–Crippen MR) is 68.0 cm³/mol. The van der Waals surface area contributed by atoms with E-state index >= 15 is 0 Å². The minimum atomic E-state index is -0.322. The number of nitrogens with zero attached hydrogens (tertiary/aromatic N) is 2. The SMILES string of the molecule is CC(C)C1=CN([C@@H](C)CF)Cc2cnccc21. The van der Waals surface area contributed by atoms with Gasteiger partial charge in [0.25, 0.3) is 0 Å². The van der Waals surface area contributed by atoms with Gasteiger partial charge in [-0.15, -0.1) is 0 Å². The maximum atomic E-state index is 12.8. The van der Waals surface area contributed by atoms with Crippen LogP contribution in [0.1, 0.15) is 31.9 Å². The van der Waals surface area contributed by atoms with Crippen molar-refractivity contribution in [2.24, 2.45) is 5.92 Å². The summed E-state index contributed by atoms with van der Waals surface area (Å²) in [5.41, 5.74) is 3.73. The predicted octanol–water partition coefficient (Wildman–Crippen LogP) is 3.25. The van der Waals surface area contributed by atoms with Gasteiger partial charge in [0.15, 0.2) is 0 Å². The molecule has 92 valence electrons. The molecule has 0 saturated heterocycles. The van der Waals surface area contributed by atoms with Gasteiger partial charge in [0.1, 0.15) is 6.67 Å². The highest BCUT2D eigenvalue weighted by atomic mass is 19.1. The molecule has 0 fully saturated rings. The van der Waals surface area contributed by atoms with Gasteiger partial charge in [-0.05, 0) is 35.6 Å². The molecule has 0 radical (unpaired) electrons. The van der Waals surface area contributed by atoms with Crippen molar-refractivity contribution in [1.29, 1.82) is 0 Å². The van der Waals surface area contributed by atoms with Crippen molar-refractivity contribution >= 4 is 5.57 Å². The van der Waals surface area contributed by atoms with E-state index < -0.39 is 0 Å². The highest BCUT2D eigenvalue weighted by Gasteiger charge is 2.21. The summed E-state index contributed by atoms with van der Waals surface area (Å²) in [6, 6.07) is 1.98. The molecule has 1 atom stereocenters. The molecular weight excluding hydrogens is 215 g/mol. The van der Waals surface area contributed by atoms with Gasteiger partial charge in [0.2, 0.25) is 0 Å². The molecule has 0 bridgehead atoms. The van der Waals surface area contributed by atoms with Gasteiger partial charge >= 0.3 is 0 Å². The van der Waals surface area contributed by atoms with E-state index in [4.69, 9.17) is 0 Å². The van der Waals surface area contributed by atoms with E-state index in [1.54, 1.807) is 0 Å². The summed E-state index contributed by atoms with van der Waals surface area (Å²) in [5, 5.41) is 0. The van der Waals surface area contributed by atoms with Gasteiger partial charge in [-0.2, -0.15) is 0 Å². The second-order valence-corrected chi connectivity index (χ2v) is 4.95. The van der Waals surface area contributed by atoms with Crippen LogP contribution in [0.4, 0.5) is 4.39 Å². The average Bonchev–Trinajstić information content (AvgIpc) is 2.36. The summed E-state index contributed by atoms with van der Waals surface area (Å²) in [5.74, 6) is 0.436. The molecule has 0 amide bonds. The minimum Gasteiger partial charge on any atom is -0.367 e. The van der Waals surface area contributed by atoms with Gasteiger partial charge in [-0.1, -0.05) is 13.8 Å². The first-order chi connectivity index (χ1) is 8.13. The number of aromatic nitrogens is 1. The lowest BCUT2D eigenvalue weighted by Crippen LogP contribution is -2.32. The quantitative estimate of drug-likeness (QED) is 0.798. The van der Waals surface area contributed by atoms with E-state index in [2.05, 4.69) is 36.0 Å². The van der Waals surface area contributed by atoms with E-state index in [-0.39, 0.29) is 12.7 Å². The zero-order valence-electron chi connectivity index (χ0n) is 10.7.